The molecular weight excluding hydrogens is 282 g/mol. The van der Waals surface area contributed by atoms with Gasteiger partial charge in [0.2, 0.25) is 0 Å². The van der Waals surface area contributed by atoms with Crippen LogP contribution in [0, 0.1) is 11.6 Å². The Morgan fingerprint density at radius 2 is 2.19 bits per heavy atom. The minimum atomic E-state index is -0.949. The lowest BCUT2D eigenvalue weighted by Crippen LogP contribution is -2.29. The normalized spacial score (nSPS) is 21.6. The number of carbonyl (C=O) groups is 1. The number of aliphatic carboxylic acids is 1. The molecule has 1 aromatic heterocycles. The van der Waals surface area contributed by atoms with Crippen LogP contribution in [0.1, 0.15) is 12.5 Å². The lowest BCUT2D eigenvalue weighted by molar-refractivity contribution is -0.139. The lowest BCUT2D eigenvalue weighted by atomic mass is 10.1. The second-order valence-electron chi connectivity index (χ2n) is 4.90. The minimum Gasteiger partial charge on any atom is -0.480 e. The predicted octanol–water partition coefficient (Wildman–Crippen LogP) is 1.21. The Morgan fingerprint density at radius 1 is 1.38 bits per heavy atom. The van der Waals surface area contributed by atoms with E-state index in [0.29, 0.717) is 24.2 Å². The van der Waals surface area contributed by atoms with Gasteiger partial charge in [-0.15, -0.1) is 5.10 Å². The summed E-state index contributed by atoms with van der Waals surface area (Å²) in [6, 6.07) is 2.76. The van der Waals surface area contributed by atoms with Crippen LogP contribution in [-0.2, 0) is 4.79 Å². The van der Waals surface area contributed by atoms with Crippen LogP contribution < -0.4 is 5.32 Å². The van der Waals surface area contributed by atoms with Crippen molar-refractivity contribution in [3.05, 3.63) is 36.0 Å². The third-order valence-electron chi connectivity index (χ3n) is 3.51. The van der Waals surface area contributed by atoms with Crippen molar-refractivity contribution in [1.29, 1.82) is 0 Å². The van der Waals surface area contributed by atoms with Crippen LogP contribution in [0.15, 0.2) is 24.4 Å². The number of hydrogen-bond donors (Lipinski definition) is 2. The summed E-state index contributed by atoms with van der Waals surface area (Å²) in [5, 5.41) is 19.7. The van der Waals surface area contributed by atoms with Crippen LogP contribution in [0.4, 0.5) is 8.78 Å². The molecule has 0 spiro atoms. The van der Waals surface area contributed by atoms with Crippen molar-refractivity contribution in [3.63, 3.8) is 0 Å². The highest BCUT2D eigenvalue weighted by Gasteiger charge is 2.30. The highest BCUT2D eigenvalue weighted by Crippen LogP contribution is 2.23. The fourth-order valence-corrected chi connectivity index (χ4v) is 2.35. The minimum absolute atomic E-state index is 0.127. The average Bonchev–Trinajstić information content (AvgIpc) is 3.09. The number of hydrogen-bond acceptors (Lipinski definition) is 4. The van der Waals surface area contributed by atoms with Gasteiger partial charge in [0.1, 0.15) is 11.7 Å². The van der Waals surface area contributed by atoms with Crippen LogP contribution in [0.5, 0.6) is 0 Å². The fourth-order valence-electron chi connectivity index (χ4n) is 2.35. The Bertz CT molecular complexity index is 689. The van der Waals surface area contributed by atoms with Gasteiger partial charge in [0.05, 0.1) is 12.2 Å². The van der Waals surface area contributed by atoms with E-state index in [0.717, 1.165) is 12.1 Å². The molecule has 1 saturated heterocycles. The monoisotopic (exact) mass is 294 g/mol. The van der Waals surface area contributed by atoms with Gasteiger partial charge in [-0.05, 0) is 24.6 Å². The van der Waals surface area contributed by atoms with Crippen molar-refractivity contribution in [2.45, 2.75) is 18.5 Å². The zero-order valence-corrected chi connectivity index (χ0v) is 10.8. The first kappa shape index (κ1) is 13.6. The first-order chi connectivity index (χ1) is 10.0. The summed E-state index contributed by atoms with van der Waals surface area (Å²) in [6.45, 7) is 0.470. The van der Waals surface area contributed by atoms with Crippen LogP contribution in [0.25, 0.3) is 11.3 Å². The van der Waals surface area contributed by atoms with Crippen LogP contribution in [0.3, 0.4) is 0 Å². The van der Waals surface area contributed by atoms with E-state index in [1.807, 2.05) is 0 Å². The Kier molecular flexibility index (Phi) is 3.38. The van der Waals surface area contributed by atoms with Crippen molar-refractivity contribution >= 4 is 5.97 Å². The van der Waals surface area contributed by atoms with E-state index in [1.165, 1.54) is 6.07 Å². The molecule has 1 aliphatic rings. The van der Waals surface area contributed by atoms with Crippen LogP contribution >= 0.6 is 0 Å². The van der Waals surface area contributed by atoms with Gasteiger partial charge in [-0.1, -0.05) is 5.21 Å². The first-order valence-corrected chi connectivity index (χ1v) is 6.38. The van der Waals surface area contributed by atoms with Crippen molar-refractivity contribution in [1.82, 2.24) is 20.3 Å². The number of carboxylic acids is 1. The summed E-state index contributed by atoms with van der Waals surface area (Å²) in [4.78, 5) is 10.9. The molecule has 110 valence electrons. The van der Waals surface area contributed by atoms with E-state index in [4.69, 9.17) is 5.11 Å². The second kappa shape index (κ2) is 5.21. The molecule has 21 heavy (non-hydrogen) atoms. The van der Waals surface area contributed by atoms with Gasteiger partial charge in [0.25, 0.3) is 0 Å². The fraction of sp³-hybridized carbons (Fsp3) is 0.308. The SMILES string of the molecule is O=C(O)[C@@H]1C[C@H](n2cc(-c3ccc(F)c(F)c3)nn2)CN1. The number of nitrogens with one attached hydrogen (secondary N) is 1. The smallest absolute Gasteiger partial charge is 0.320 e. The zero-order chi connectivity index (χ0) is 15.0. The highest BCUT2D eigenvalue weighted by atomic mass is 19.2. The molecule has 6 nitrogen and oxygen atoms in total. The number of rotatable bonds is 3. The van der Waals surface area contributed by atoms with Gasteiger partial charge in [-0.2, -0.15) is 0 Å². The van der Waals surface area contributed by atoms with E-state index in [-0.39, 0.29) is 6.04 Å². The molecule has 2 atom stereocenters. The van der Waals surface area contributed by atoms with Gasteiger partial charge < -0.3 is 10.4 Å². The molecule has 0 radical (unpaired) electrons. The van der Waals surface area contributed by atoms with Crippen molar-refractivity contribution < 1.29 is 18.7 Å². The highest BCUT2D eigenvalue weighted by molar-refractivity contribution is 5.73. The largest absolute Gasteiger partial charge is 0.480 e. The molecular formula is C13H12F2N4O2. The van der Waals surface area contributed by atoms with E-state index < -0.39 is 23.6 Å². The van der Waals surface area contributed by atoms with Gasteiger partial charge in [0, 0.05) is 12.1 Å². The second-order valence-corrected chi connectivity index (χ2v) is 4.90. The number of benzene rings is 1. The lowest BCUT2D eigenvalue weighted by Gasteiger charge is -2.07. The molecule has 8 heteroatoms. The van der Waals surface area contributed by atoms with Crippen LogP contribution in [0.2, 0.25) is 0 Å². The van der Waals surface area contributed by atoms with Crippen molar-refractivity contribution in [3.8, 4) is 11.3 Å². The molecule has 0 aliphatic carbocycles. The molecule has 2 aromatic rings. The van der Waals surface area contributed by atoms with E-state index >= 15 is 0 Å². The molecule has 0 unspecified atom stereocenters. The maximum atomic E-state index is 13.2. The summed E-state index contributed by atoms with van der Waals surface area (Å²) in [5.74, 6) is -2.77. The third kappa shape index (κ3) is 2.62. The molecule has 0 saturated carbocycles. The van der Waals surface area contributed by atoms with E-state index in [9.17, 15) is 13.6 Å². The summed E-state index contributed by atoms with van der Waals surface area (Å²) in [5.41, 5.74) is 0.827. The zero-order valence-electron chi connectivity index (χ0n) is 10.8. The maximum Gasteiger partial charge on any atom is 0.320 e. The molecule has 1 aromatic carbocycles. The first-order valence-electron chi connectivity index (χ1n) is 6.38. The molecule has 0 amide bonds. The third-order valence-corrected chi connectivity index (χ3v) is 3.51. The molecule has 2 N–H and O–H groups in total. The average molecular weight is 294 g/mol. The summed E-state index contributed by atoms with van der Waals surface area (Å²) < 4.78 is 27.7. The summed E-state index contributed by atoms with van der Waals surface area (Å²) in [6.07, 6.45) is 2.00. The standard InChI is InChI=1S/C13H12F2N4O2/c14-9-2-1-7(3-10(9)15)12-6-19(18-17-12)8-4-11(13(20)21)16-5-8/h1-3,6,8,11,16H,4-5H2,(H,20,21)/t8-,11-/m0/s1. The van der Waals surface area contributed by atoms with Crippen molar-refractivity contribution in [2.24, 2.45) is 0 Å². The molecule has 1 aliphatic heterocycles. The van der Waals surface area contributed by atoms with Gasteiger partial charge in [-0.3, -0.25) is 4.79 Å². The van der Waals surface area contributed by atoms with Gasteiger partial charge in [0.15, 0.2) is 11.6 Å². The molecule has 1 fully saturated rings. The Morgan fingerprint density at radius 3 is 2.86 bits per heavy atom. The van der Waals surface area contributed by atoms with Gasteiger partial charge in [-0.25, -0.2) is 13.5 Å². The Hall–Kier alpha value is -2.35. The summed E-state index contributed by atoms with van der Waals surface area (Å²) in [7, 11) is 0. The Labute approximate surface area is 118 Å². The summed E-state index contributed by atoms with van der Waals surface area (Å²) >= 11 is 0. The molecule has 3 rings (SSSR count). The van der Waals surface area contributed by atoms with E-state index in [2.05, 4.69) is 15.6 Å². The topological polar surface area (TPSA) is 80.0 Å². The van der Waals surface area contributed by atoms with E-state index in [1.54, 1.807) is 10.9 Å². The number of nitrogens with zero attached hydrogens (tertiary/aromatic N) is 3. The number of carboxylic acid groups (broad SMARTS) is 1. The van der Waals surface area contributed by atoms with Crippen LogP contribution in [-0.4, -0.2) is 38.7 Å². The quantitative estimate of drug-likeness (QED) is 0.889. The Balaban J connectivity index is 1.80. The number of halogens is 2. The van der Waals surface area contributed by atoms with Gasteiger partial charge >= 0.3 is 5.97 Å². The predicted molar refractivity (Wildman–Crippen MR) is 68.5 cm³/mol. The maximum absolute atomic E-state index is 13.2. The number of aromatic nitrogens is 3. The molecule has 2 heterocycles. The molecule has 0 bridgehead atoms. The van der Waals surface area contributed by atoms with Crippen molar-refractivity contribution in [2.75, 3.05) is 6.54 Å².